The fraction of sp³-hybridized carbons (Fsp3) is 0.625. The van der Waals surface area contributed by atoms with Crippen molar-refractivity contribution in [3.63, 3.8) is 0 Å². The standard InChI is InChI=1S/C8H12IN3S/c1-5-7(2-3-13-5)12-8(10)6(9)4-11-12/h4-5,7H,2-3,10H2,1H3. The van der Waals surface area contributed by atoms with Gasteiger partial charge in [0.2, 0.25) is 0 Å². The van der Waals surface area contributed by atoms with Crippen LogP contribution >= 0.6 is 34.4 Å². The Bertz CT molecular complexity index is 312. The quantitative estimate of drug-likeness (QED) is 0.808. The first-order valence-electron chi connectivity index (χ1n) is 4.30. The molecular formula is C8H12IN3S. The van der Waals surface area contributed by atoms with Gasteiger partial charge in [0.1, 0.15) is 5.82 Å². The van der Waals surface area contributed by atoms with Crippen LogP contribution in [-0.4, -0.2) is 20.8 Å². The highest BCUT2D eigenvalue weighted by Crippen LogP contribution is 2.36. The van der Waals surface area contributed by atoms with Crippen molar-refractivity contribution in [3.05, 3.63) is 9.77 Å². The van der Waals surface area contributed by atoms with Gasteiger partial charge in [-0.05, 0) is 34.8 Å². The van der Waals surface area contributed by atoms with Crippen molar-refractivity contribution < 1.29 is 0 Å². The summed E-state index contributed by atoms with van der Waals surface area (Å²) in [5.74, 6) is 2.04. The lowest BCUT2D eigenvalue weighted by atomic mass is 10.2. The molecule has 2 heterocycles. The third-order valence-electron chi connectivity index (χ3n) is 2.44. The monoisotopic (exact) mass is 309 g/mol. The molecule has 0 aliphatic carbocycles. The minimum Gasteiger partial charge on any atom is -0.383 e. The van der Waals surface area contributed by atoms with E-state index in [0.717, 1.165) is 9.39 Å². The molecule has 1 saturated heterocycles. The highest BCUT2D eigenvalue weighted by molar-refractivity contribution is 14.1. The number of thioether (sulfide) groups is 1. The molecule has 2 N–H and O–H groups in total. The zero-order valence-corrected chi connectivity index (χ0v) is 10.4. The predicted octanol–water partition coefficient (Wildman–Crippen LogP) is 2.14. The maximum Gasteiger partial charge on any atom is 0.135 e. The van der Waals surface area contributed by atoms with Crippen LogP contribution in [0, 0.1) is 3.57 Å². The Hall–Kier alpha value is 0.0900. The van der Waals surface area contributed by atoms with E-state index >= 15 is 0 Å². The Morgan fingerprint density at radius 3 is 3.00 bits per heavy atom. The molecule has 0 spiro atoms. The summed E-state index contributed by atoms with van der Waals surface area (Å²) in [5, 5.41) is 4.96. The number of anilines is 1. The lowest BCUT2D eigenvalue weighted by Gasteiger charge is -2.16. The van der Waals surface area contributed by atoms with Crippen LogP contribution in [0.25, 0.3) is 0 Å². The number of nitrogens with two attached hydrogens (primary N) is 1. The van der Waals surface area contributed by atoms with Gasteiger partial charge in [-0.15, -0.1) is 0 Å². The van der Waals surface area contributed by atoms with Crippen molar-refractivity contribution in [2.24, 2.45) is 0 Å². The second-order valence-corrected chi connectivity index (χ2v) is 5.90. The fourth-order valence-corrected chi connectivity index (χ4v) is 3.25. The molecule has 13 heavy (non-hydrogen) atoms. The van der Waals surface area contributed by atoms with Crippen LogP contribution in [0.4, 0.5) is 5.82 Å². The maximum atomic E-state index is 5.93. The van der Waals surface area contributed by atoms with Gasteiger partial charge in [0.05, 0.1) is 15.8 Å². The number of aromatic nitrogens is 2. The van der Waals surface area contributed by atoms with Gasteiger partial charge >= 0.3 is 0 Å². The molecular weight excluding hydrogens is 297 g/mol. The summed E-state index contributed by atoms with van der Waals surface area (Å²) in [5.41, 5.74) is 5.93. The van der Waals surface area contributed by atoms with Crippen LogP contribution in [0.2, 0.25) is 0 Å². The number of nitrogens with zero attached hydrogens (tertiary/aromatic N) is 2. The van der Waals surface area contributed by atoms with Crippen LogP contribution in [0.5, 0.6) is 0 Å². The summed E-state index contributed by atoms with van der Waals surface area (Å²) < 4.78 is 3.04. The van der Waals surface area contributed by atoms with Crippen LogP contribution in [0.15, 0.2) is 6.20 Å². The van der Waals surface area contributed by atoms with E-state index < -0.39 is 0 Å². The molecule has 1 aromatic heterocycles. The number of nitrogen functional groups attached to an aromatic ring is 1. The van der Waals surface area contributed by atoms with E-state index in [1.54, 1.807) is 0 Å². The minimum atomic E-state index is 0.494. The Kier molecular flexibility index (Phi) is 2.73. The average Bonchev–Trinajstić information content (AvgIpc) is 2.62. The molecule has 0 aromatic carbocycles. The molecule has 0 radical (unpaired) electrons. The predicted molar refractivity (Wildman–Crippen MR) is 64.9 cm³/mol. The maximum absolute atomic E-state index is 5.93. The number of halogens is 1. The van der Waals surface area contributed by atoms with Gasteiger partial charge in [-0.3, -0.25) is 0 Å². The normalized spacial score (nSPS) is 28.2. The SMILES string of the molecule is CC1SCCC1n1ncc(I)c1N. The molecule has 0 amide bonds. The Labute approximate surface area is 95.6 Å². The van der Waals surface area contributed by atoms with Gasteiger partial charge in [0, 0.05) is 5.25 Å². The number of hydrogen-bond acceptors (Lipinski definition) is 3. The largest absolute Gasteiger partial charge is 0.383 e. The highest BCUT2D eigenvalue weighted by atomic mass is 127. The molecule has 1 aliphatic rings. The first kappa shape index (κ1) is 9.64. The zero-order valence-electron chi connectivity index (χ0n) is 7.40. The fourth-order valence-electron chi connectivity index (χ4n) is 1.66. The molecule has 2 rings (SSSR count). The van der Waals surface area contributed by atoms with Crippen LogP contribution in [0.3, 0.4) is 0 Å². The molecule has 0 bridgehead atoms. The van der Waals surface area contributed by atoms with E-state index in [0.29, 0.717) is 11.3 Å². The summed E-state index contributed by atoms with van der Waals surface area (Å²) in [7, 11) is 0. The van der Waals surface area contributed by atoms with Crippen LogP contribution in [-0.2, 0) is 0 Å². The molecule has 2 atom stereocenters. The van der Waals surface area contributed by atoms with Gasteiger partial charge in [-0.1, -0.05) is 6.92 Å². The smallest absolute Gasteiger partial charge is 0.135 e. The third kappa shape index (κ3) is 1.68. The second kappa shape index (κ2) is 3.68. The molecule has 2 unspecified atom stereocenters. The van der Waals surface area contributed by atoms with Crippen molar-refractivity contribution >= 4 is 40.2 Å². The van der Waals surface area contributed by atoms with Crippen molar-refractivity contribution in [2.45, 2.75) is 24.6 Å². The molecule has 5 heteroatoms. The molecule has 72 valence electrons. The first-order valence-corrected chi connectivity index (χ1v) is 6.43. The molecule has 1 fully saturated rings. The van der Waals surface area contributed by atoms with Crippen LogP contribution < -0.4 is 5.73 Å². The number of rotatable bonds is 1. The molecule has 3 nitrogen and oxygen atoms in total. The zero-order chi connectivity index (χ0) is 9.42. The summed E-state index contributed by atoms with van der Waals surface area (Å²) in [6, 6.07) is 0.494. The lowest BCUT2D eigenvalue weighted by molar-refractivity contribution is 0.463. The van der Waals surface area contributed by atoms with E-state index in [2.05, 4.69) is 34.6 Å². The Balaban J connectivity index is 2.29. The van der Waals surface area contributed by atoms with Gasteiger partial charge in [-0.25, -0.2) is 4.68 Å². The van der Waals surface area contributed by atoms with Gasteiger partial charge in [0.15, 0.2) is 0 Å². The second-order valence-electron chi connectivity index (χ2n) is 3.25. The van der Waals surface area contributed by atoms with E-state index in [-0.39, 0.29) is 0 Å². The average molecular weight is 309 g/mol. The topological polar surface area (TPSA) is 43.8 Å². The summed E-state index contributed by atoms with van der Waals surface area (Å²) in [6.45, 7) is 2.25. The van der Waals surface area contributed by atoms with E-state index in [1.165, 1.54) is 12.2 Å². The molecule has 1 aliphatic heterocycles. The molecule has 1 aromatic rings. The summed E-state index contributed by atoms with van der Waals surface area (Å²) in [6.07, 6.45) is 3.03. The van der Waals surface area contributed by atoms with Crippen molar-refractivity contribution in [2.75, 3.05) is 11.5 Å². The third-order valence-corrected chi connectivity index (χ3v) is 4.58. The minimum absolute atomic E-state index is 0.494. The van der Waals surface area contributed by atoms with Crippen molar-refractivity contribution in [3.8, 4) is 0 Å². The lowest BCUT2D eigenvalue weighted by Crippen LogP contribution is -2.17. The van der Waals surface area contributed by atoms with E-state index in [9.17, 15) is 0 Å². The summed E-state index contributed by atoms with van der Waals surface area (Å²) >= 11 is 4.22. The number of hydrogen-bond donors (Lipinski definition) is 1. The van der Waals surface area contributed by atoms with Crippen LogP contribution in [0.1, 0.15) is 19.4 Å². The Morgan fingerprint density at radius 1 is 1.77 bits per heavy atom. The van der Waals surface area contributed by atoms with Gasteiger partial charge in [-0.2, -0.15) is 16.9 Å². The summed E-state index contributed by atoms with van der Waals surface area (Å²) in [4.78, 5) is 0. The van der Waals surface area contributed by atoms with E-state index in [1.807, 2.05) is 22.6 Å². The first-order chi connectivity index (χ1) is 6.20. The van der Waals surface area contributed by atoms with E-state index in [4.69, 9.17) is 5.73 Å². The van der Waals surface area contributed by atoms with Crippen molar-refractivity contribution in [1.29, 1.82) is 0 Å². The van der Waals surface area contributed by atoms with Gasteiger partial charge < -0.3 is 5.73 Å². The van der Waals surface area contributed by atoms with Crippen molar-refractivity contribution in [1.82, 2.24) is 9.78 Å². The Morgan fingerprint density at radius 2 is 2.54 bits per heavy atom. The van der Waals surface area contributed by atoms with Gasteiger partial charge in [0.25, 0.3) is 0 Å². The highest BCUT2D eigenvalue weighted by Gasteiger charge is 2.27. The molecule has 0 saturated carbocycles.